The molecule has 0 saturated heterocycles. The topological polar surface area (TPSA) is 101 Å². The maximum absolute atomic E-state index is 12.1. The number of aliphatic carboxylic acids is 1. The van der Waals surface area contributed by atoms with E-state index >= 15 is 0 Å². The molecule has 1 atom stereocenters. The molecule has 20 heavy (non-hydrogen) atoms. The van der Waals surface area contributed by atoms with E-state index < -0.39 is 17.9 Å². The maximum atomic E-state index is 12.1. The number of hydrogen-bond acceptors (Lipinski definition) is 5. The van der Waals surface area contributed by atoms with Crippen molar-refractivity contribution in [2.45, 2.75) is 37.9 Å². The zero-order valence-corrected chi connectivity index (χ0v) is 12.3. The number of carbonyl (C=O) groups is 2. The molecule has 0 aromatic carbocycles. The van der Waals surface area contributed by atoms with Crippen LogP contribution in [0.15, 0.2) is 22.2 Å². The average Bonchev–Trinajstić information content (AvgIpc) is 2.34. The summed E-state index contributed by atoms with van der Waals surface area (Å²) in [6.07, 6.45) is 3.08. The molecule has 110 valence electrons. The van der Waals surface area contributed by atoms with Crippen LogP contribution in [0.3, 0.4) is 0 Å². The fraction of sp³-hybridized carbons (Fsp3) is 0.500. The molecule has 0 bridgehead atoms. The van der Waals surface area contributed by atoms with Gasteiger partial charge in [0, 0.05) is 31.1 Å². The summed E-state index contributed by atoms with van der Waals surface area (Å²) in [6.45, 7) is 4.98. The standard InChI is InChI=1S/C12H17N3O4S/c1-7(2)15-5-4-13-10(11(15)17)20-6-9(12(18)19)14-8(3)16/h4-5,7,9H,6H2,1-3H3,(H,14,16)(H,18,19). The number of amides is 1. The molecular formula is C12H17N3O4S. The van der Waals surface area contributed by atoms with Crippen molar-refractivity contribution in [1.29, 1.82) is 0 Å². The van der Waals surface area contributed by atoms with Crippen LogP contribution in [0.4, 0.5) is 0 Å². The van der Waals surface area contributed by atoms with Gasteiger partial charge >= 0.3 is 5.97 Å². The minimum Gasteiger partial charge on any atom is -0.480 e. The first kappa shape index (κ1) is 16.2. The molecule has 1 rings (SSSR count). The number of nitrogens with one attached hydrogen (secondary N) is 1. The lowest BCUT2D eigenvalue weighted by molar-refractivity contribution is -0.140. The summed E-state index contributed by atoms with van der Waals surface area (Å²) in [6, 6.07) is -1.05. The number of aromatic nitrogens is 2. The molecule has 7 nitrogen and oxygen atoms in total. The number of carboxylic acids is 1. The van der Waals surface area contributed by atoms with E-state index in [0.29, 0.717) is 0 Å². The summed E-state index contributed by atoms with van der Waals surface area (Å²) in [5.41, 5.74) is -0.264. The Balaban J connectivity index is 2.83. The van der Waals surface area contributed by atoms with Crippen molar-refractivity contribution >= 4 is 23.6 Å². The molecule has 1 heterocycles. The molecule has 0 spiro atoms. The van der Waals surface area contributed by atoms with E-state index in [9.17, 15) is 14.4 Å². The van der Waals surface area contributed by atoms with Crippen LogP contribution in [0.25, 0.3) is 0 Å². The number of nitrogens with zero attached hydrogens (tertiary/aromatic N) is 2. The number of carboxylic acid groups (broad SMARTS) is 1. The van der Waals surface area contributed by atoms with Crippen molar-refractivity contribution in [2.24, 2.45) is 0 Å². The molecule has 1 aromatic rings. The zero-order valence-electron chi connectivity index (χ0n) is 11.5. The van der Waals surface area contributed by atoms with Crippen molar-refractivity contribution < 1.29 is 14.7 Å². The Morgan fingerprint density at radius 1 is 1.50 bits per heavy atom. The van der Waals surface area contributed by atoms with Crippen LogP contribution in [0.1, 0.15) is 26.8 Å². The SMILES string of the molecule is CC(=O)NC(CSc1nccn(C(C)C)c1=O)C(=O)O. The van der Waals surface area contributed by atoms with Gasteiger partial charge in [0.15, 0.2) is 5.03 Å². The second-order valence-electron chi connectivity index (χ2n) is 4.44. The van der Waals surface area contributed by atoms with E-state index in [1.54, 1.807) is 6.20 Å². The quantitative estimate of drug-likeness (QED) is 0.742. The van der Waals surface area contributed by atoms with Gasteiger partial charge in [-0.1, -0.05) is 11.8 Å². The largest absolute Gasteiger partial charge is 0.480 e. The summed E-state index contributed by atoms with van der Waals surface area (Å²) < 4.78 is 1.52. The molecule has 8 heteroatoms. The number of hydrogen-bond donors (Lipinski definition) is 2. The van der Waals surface area contributed by atoms with Gasteiger partial charge in [-0.05, 0) is 13.8 Å². The highest BCUT2D eigenvalue weighted by molar-refractivity contribution is 7.99. The van der Waals surface area contributed by atoms with Crippen LogP contribution >= 0.6 is 11.8 Å². The lowest BCUT2D eigenvalue weighted by Crippen LogP contribution is -2.41. The Hall–Kier alpha value is -1.83. The Bertz CT molecular complexity index is 556. The zero-order chi connectivity index (χ0) is 15.3. The minimum atomic E-state index is -1.15. The molecule has 1 aromatic heterocycles. The Labute approximate surface area is 120 Å². The molecule has 0 aliphatic heterocycles. The molecule has 0 radical (unpaired) electrons. The highest BCUT2D eigenvalue weighted by Gasteiger charge is 2.20. The van der Waals surface area contributed by atoms with Gasteiger partial charge in [-0.3, -0.25) is 9.59 Å². The summed E-state index contributed by atoms with van der Waals surface area (Å²) in [5.74, 6) is -1.54. The first-order valence-corrected chi connectivity index (χ1v) is 7.01. The molecule has 0 aliphatic carbocycles. The van der Waals surface area contributed by atoms with Crippen molar-refractivity contribution in [3.63, 3.8) is 0 Å². The third kappa shape index (κ3) is 4.37. The Kier molecular flexibility index (Phi) is 5.75. The Morgan fingerprint density at radius 2 is 2.15 bits per heavy atom. The van der Waals surface area contributed by atoms with Crippen molar-refractivity contribution in [3.8, 4) is 0 Å². The minimum absolute atomic E-state index is 0.00420. The van der Waals surface area contributed by atoms with Gasteiger partial charge in [0.2, 0.25) is 5.91 Å². The van der Waals surface area contributed by atoms with Gasteiger partial charge < -0.3 is 15.0 Å². The monoisotopic (exact) mass is 299 g/mol. The van der Waals surface area contributed by atoms with Crippen molar-refractivity contribution in [3.05, 3.63) is 22.7 Å². The highest BCUT2D eigenvalue weighted by Crippen LogP contribution is 2.13. The van der Waals surface area contributed by atoms with Gasteiger partial charge in [-0.15, -0.1) is 0 Å². The van der Waals surface area contributed by atoms with E-state index in [1.807, 2.05) is 13.8 Å². The lowest BCUT2D eigenvalue weighted by Gasteiger charge is -2.13. The van der Waals surface area contributed by atoms with E-state index in [2.05, 4.69) is 10.3 Å². The fourth-order valence-electron chi connectivity index (χ4n) is 1.49. The molecule has 0 fully saturated rings. The van der Waals surface area contributed by atoms with Crippen LogP contribution in [0.2, 0.25) is 0 Å². The molecule has 1 amide bonds. The van der Waals surface area contributed by atoms with Gasteiger partial charge in [0.1, 0.15) is 6.04 Å². The first-order valence-electron chi connectivity index (χ1n) is 6.02. The van der Waals surface area contributed by atoms with Crippen molar-refractivity contribution in [1.82, 2.24) is 14.9 Å². The van der Waals surface area contributed by atoms with E-state index in [0.717, 1.165) is 11.8 Å². The second kappa shape index (κ2) is 7.09. The van der Waals surface area contributed by atoms with Crippen LogP contribution in [0.5, 0.6) is 0 Å². The van der Waals surface area contributed by atoms with Crippen LogP contribution < -0.4 is 10.9 Å². The summed E-state index contributed by atoms with van der Waals surface area (Å²) >= 11 is 1.02. The lowest BCUT2D eigenvalue weighted by atomic mass is 10.3. The fourth-order valence-corrected chi connectivity index (χ4v) is 2.41. The van der Waals surface area contributed by atoms with E-state index in [4.69, 9.17) is 5.11 Å². The summed E-state index contributed by atoms with van der Waals surface area (Å²) in [4.78, 5) is 37.9. The average molecular weight is 299 g/mol. The highest BCUT2D eigenvalue weighted by atomic mass is 32.2. The molecule has 0 aliphatic rings. The Morgan fingerprint density at radius 3 is 2.65 bits per heavy atom. The third-order valence-electron chi connectivity index (χ3n) is 2.46. The summed E-state index contributed by atoms with van der Waals surface area (Å²) in [7, 11) is 0. The molecular weight excluding hydrogens is 282 g/mol. The molecule has 0 saturated carbocycles. The van der Waals surface area contributed by atoms with Gasteiger partial charge in [-0.25, -0.2) is 9.78 Å². The predicted octanol–water partition coefficient (Wildman–Crippen LogP) is 0.506. The van der Waals surface area contributed by atoms with Crippen LogP contribution in [-0.2, 0) is 9.59 Å². The predicted molar refractivity (Wildman–Crippen MR) is 74.8 cm³/mol. The molecule has 2 N–H and O–H groups in total. The smallest absolute Gasteiger partial charge is 0.327 e. The number of rotatable bonds is 6. The first-order chi connectivity index (χ1) is 9.32. The van der Waals surface area contributed by atoms with E-state index in [-0.39, 0.29) is 22.4 Å². The molecule has 1 unspecified atom stereocenters. The van der Waals surface area contributed by atoms with E-state index in [1.165, 1.54) is 17.7 Å². The number of thioether (sulfide) groups is 1. The summed E-state index contributed by atoms with van der Waals surface area (Å²) in [5, 5.41) is 11.5. The van der Waals surface area contributed by atoms with Gasteiger partial charge in [0.25, 0.3) is 5.56 Å². The second-order valence-corrected chi connectivity index (χ2v) is 5.45. The normalized spacial score (nSPS) is 12.2. The van der Waals surface area contributed by atoms with Crippen LogP contribution in [-0.4, -0.2) is 38.3 Å². The van der Waals surface area contributed by atoms with Gasteiger partial charge in [0.05, 0.1) is 0 Å². The van der Waals surface area contributed by atoms with Crippen LogP contribution in [0, 0.1) is 0 Å². The maximum Gasteiger partial charge on any atom is 0.327 e. The number of carbonyl (C=O) groups excluding carboxylic acids is 1. The van der Waals surface area contributed by atoms with Crippen molar-refractivity contribution in [2.75, 3.05) is 5.75 Å². The van der Waals surface area contributed by atoms with Gasteiger partial charge in [-0.2, -0.15) is 0 Å². The third-order valence-corrected chi connectivity index (χ3v) is 3.51.